The summed E-state index contributed by atoms with van der Waals surface area (Å²) in [4.78, 5) is 98.5. The molecule has 6 amide bonds. The molecule has 0 bridgehead atoms. The Morgan fingerprint density at radius 2 is 1.52 bits per heavy atom. The lowest BCUT2D eigenvalue weighted by Crippen LogP contribution is -2.35. The predicted octanol–water partition coefficient (Wildman–Crippen LogP) is 4.26. The van der Waals surface area contributed by atoms with Crippen molar-refractivity contribution in [1.82, 2.24) is 34.6 Å². The van der Waals surface area contributed by atoms with Crippen molar-refractivity contribution < 1.29 is 52.5 Å². The fraction of sp³-hybridized carbons (Fsp3) is 0.404. The maximum absolute atomic E-state index is 13.2. The number of nitrogens with one attached hydrogen (secondary N) is 4. The van der Waals surface area contributed by atoms with Crippen LogP contribution in [0.25, 0.3) is 11.1 Å². The van der Waals surface area contributed by atoms with Gasteiger partial charge >= 0.3 is 5.97 Å². The van der Waals surface area contributed by atoms with Gasteiger partial charge in [-0.25, -0.2) is 9.78 Å². The van der Waals surface area contributed by atoms with E-state index in [1.54, 1.807) is 47.6 Å². The number of carbonyl (C=O) groups is 7. The van der Waals surface area contributed by atoms with Crippen LogP contribution >= 0.6 is 0 Å². The highest BCUT2D eigenvalue weighted by Gasteiger charge is 2.34. The Hall–Kier alpha value is -7.91. The molecule has 2 aromatic carbocycles. The van der Waals surface area contributed by atoms with Crippen LogP contribution in [0.15, 0.2) is 84.2 Å². The highest BCUT2D eigenvalue weighted by atomic mass is 16.5. The first-order chi connectivity index (χ1) is 35.2. The smallest absolute Gasteiger partial charge is 0.354 e. The monoisotopic (exact) mass is 1000 g/mol. The maximum atomic E-state index is 13.2. The number of carbonyl (C=O) groups excluding carboxylic acids is 7. The number of hydrogen-bond donors (Lipinski definition) is 4. The van der Waals surface area contributed by atoms with Crippen molar-refractivity contribution in [2.45, 2.75) is 51.5 Å². The second kappa shape index (κ2) is 25.5. The molecule has 5 heterocycles. The minimum atomic E-state index is -0.499. The molecule has 3 aliphatic heterocycles. The molecule has 1 fully saturated rings. The van der Waals surface area contributed by atoms with Crippen LogP contribution in [0.3, 0.4) is 0 Å². The number of amides is 6. The maximum Gasteiger partial charge on any atom is 0.354 e. The molecule has 0 radical (unpaired) electrons. The number of aryl methyl sites for hydroxylation is 3. The normalized spacial score (nSPS) is 14.8. The van der Waals surface area contributed by atoms with E-state index in [9.17, 15) is 33.6 Å². The molecule has 1 atom stereocenters. The van der Waals surface area contributed by atoms with Gasteiger partial charge in [-0.3, -0.25) is 38.7 Å². The van der Waals surface area contributed by atoms with Crippen LogP contribution in [0.2, 0.25) is 0 Å². The molecule has 3 aliphatic rings. The zero-order chi connectivity index (χ0) is 51.9. The Morgan fingerprint density at radius 1 is 0.781 bits per heavy atom. The van der Waals surface area contributed by atoms with Crippen LogP contribution < -0.4 is 26.0 Å². The van der Waals surface area contributed by atoms with Crippen LogP contribution in [-0.2, 0) is 47.5 Å². The van der Waals surface area contributed by atoms with E-state index in [-0.39, 0.29) is 94.5 Å². The number of esters is 1. The zero-order valence-corrected chi connectivity index (χ0v) is 41.4. The Labute approximate surface area is 423 Å². The Bertz CT molecular complexity index is 2740. The number of aliphatic imine (C=N–C) groups is 1. The van der Waals surface area contributed by atoms with E-state index < -0.39 is 17.8 Å². The summed E-state index contributed by atoms with van der Waals surface area (Å²) in [5, 5.41) is 11.6. The molecule has 21 nitrogen and oxygen atoms in total. The molecule has 4 N–H and O–H groups in total. The first kappa shape index (κ1) is 52.9. The van der Waals surface area contributed by atoms with E-state index in [2.05, 4.69) is 37.8 Å². The van der Waals surface area contributed by atoms with Gasteiger partial charge in [0.25, 0.3) is 23.6 Å². The van der Waals surface area contributed by atoms with Crippen LogP contribution in [0, 0.1) is 6.92 Å². The third-order valence-corrected chi connectivity index (χ3v) is 12.1. The molecular weight excluding hydrogens is 941 g/mol. The van der Waals surface area contributed by atoms with Gasteiger partial charge in [-0.1, -0.05) is 24.3 Å². The third kappa shape index (κ3) is 14.6. The molecule has 73 heavy (non-hydrogen) atoms. The van der Waals surface area contributed by atoms with Crippen LogP contribution in [0.1, 0.15) is 75.6 Å². The molecular formula is C52H62N10O11. The number of rotatable bonds is 27. The van der Waals surface area contributed by atoms with E-state index in [1.165, 1.54) is 12.2 Å². The summed E-state index contributed by atoms with van der Waals surface area (Å²) in [6.45, 7) is 9.32. The minimum absolute atomic E-state index is 0.00522. The number of unbranched alkanes of at least 4 members (excludes halogenated alkanes) is 1. The summed E-state index contributed by atoms with van der Waals surface area (Å²) in [6, 6.07) is 12.6. The lowest BCUT2D eigenvalue weighted by molar-refractivity contribution is -0.137. The number of aromatic nitrogens is 3. The summed E-state index contributed by atoms with van der Waals surface area (Å²) < 4.78 is 25.8. The van der Waals surface area contributed by atoms with Crippen molar-refractivity contribution in [2.75, 3.05) is 83.0 Å². The quantitative estimate of drug-likeness (QED) is 0.0283. The Kier molecular flexibility index (Phi) is 18.5. The lowest BCUT2D eigenvalue weighted by Gasteiger charge is -2.20. The number of imide groups is 1. The zero-order valence-electron chi connectivity index (χ0n) is 41.4. The van der Waals surface area contributed by atoms with Crippen LogP contribution in [-0.4, -0.2) is 150 Å². The molecule has 386 valence electrons. The molecule has 0 unspecified atom stereocenters. The SMILES string of the molecule is C=C1C[C@H]2C=Nc3cc(OCCCCNc4cn(C)c(C(=O)Nc5ccc(-c6cc(C(=O)OCCCNC(=O)CCOCCOCCNC(=O)CCN7C(=O)C=CC7=O)n(C)c6)cc5)n4)c(C)cc3C(=O)N2C1. The second-order valence-electron chi connectivity index (χ2n) is 17.7. The molecule has 1 saturated heterocycles. The van der Waals surface area contributed by atoms with Gasteiger partial charge in [0.15, 0.2) is 0 Å². The first-order valence-electron chi connectivity index (χ1n) is 24.3. The van der Waals surface area contributed by atoms with Crippen molar-refractivity contribution in [3.63, 3.8) is 0 Å². The molecule has 7 rings (SSSR count). The minimum Gasteiger partial charge on any atom is -0.493 e. The topological polar surface area (TPSA) is 246 Å². The third-order valence-electron chi connectivity index (χ3n) is 12.1. The number of hydrogen-bond acceptors (Lipinski definition) is 14. The average Bonchev–Trinajstić information content (AvgIpc) is 4.13. The predicted molar refractivity (Wildman–Crippen MR) is 271 cm³/mol. The summed E-state index contributed by atoms with van der Waals surface area (Å²) >= 11 is 0. The fourth-order valence-electron chi connectivity index (χ4n) is 8.19. The van der Waals surface area contributed by atoms with Gasteiger partial charge in [0.2, 0.25) is 17.6 Å². The van der Waals surface area contributed by atoms with Gasteiger partial charge in [0, 0.05) is 108 Å². The molecule has 0 aliphatic carbocycles. The van der Waals surface area contributed by atoms with Gasteiger partial charge in [-0.15, -0.1) is 0 Å². The van der Waals surface area contributed by atoms with Gasteiger partial charge in [0.1, 0.15) is 17.3 Å². The van der Waals surface area contributed by atoms with Gasteiger partial charge in [-0.2, -0.15) is 0 Å². The van der Waals surface area contributed by atoms with E-state index in [1.807, 2.05) is 48.5 Å². The van der Waals surface area contributed by atoms with Crippen LogP contribution in [0.5, 0.6) is 5.75 Å². The van der Waals surface area contributed by atoms with Gasteiger partial charge < -0.3 is 54.2 Å². The highest BCUT2D eigenvalue weighted by Crippen LogP contribution is 2.35. The molecule has 21 heteroatoms. The van der Waals surface area contributed by atoms with E-state index >= 15 is 0 Å². The largest absolute Gasteiger partial charge is 0.493 e. The summed E-state index contributed by atoms with van der Waals surface area (Å²) in [7, 11) is 3.51. The molecule has 0 saturated carbocycles. The molecule has 2 aromatic heterocycles. The summed E-state index contributed by atoms with van der Waals surface area (Å²) in [5.41, 5.74) is 5.65. The first-order valence-corrected chi connectivity index (χ1v) is 24.3. The van der Waals surface area contributed by atoms with E-state index in [4.69, 9.17) is 18.9 Å². The number of imidazole rings is 1. The van der Waals surface area contributed by atoms with Gasteiger partial charge in [0.05, 0.1) is 56.9 Å². The number of nitrogens with zero attached hydrogens (tertiary/aromatic N) is 6. The number of ether oxygens (including phenoxy) is 4. The number of anilines is 2. The number of benzene rings is 2. The number of fused-ring (bicyclic) bond motifs is 2. The molecule has 4 aromatic rings. The van der Waals surface area contributed by atoms with Gasteiger partial charge in [-0.05, 0) is 68.0 Å². The van der Waals surface area contributed by atoms with Crippen LogP contribution in [0.4, 0.5) is 17.2 Å². The van der Waals surface area contributed by atoms with Crippen molar-refractivity contribution in [3.8, 4) is 16.9 Å². The van der Waals surface area contributed by atoms with E-state index in [0.717, 1.165) is 46.4 Å². The Balaban J connectivity index is 0.726. The van der Waals surface area contributed by atoms with Crippen molar-refractivity contribution >= 4 is 64.8 Å². The average molecular weight is 1000 g/mol. The molecule has 0 spiro atoms. The standard InChI is InChI=1S/C52H62N10O11/c1-34-26-39-30-56-41-29-43(35(2)27-40(41)51(68)62(39)31-34)72-20-6-5-16-53-44-33-60(4)49(58-44)50(67)57-38-10-8-36(9-11-38)37-28-42(59(3)32-37)52(69)73-21-7-17-54-46(64)15-22-70-24-25-71-23-18-55-45(63)14-19-61-47(65)12-13-48(61)66/h8-13,27-30,32-33,39,53H,1,5-7,14-26,31H2,2-4H3,(H,54,64)(H,55,63)(H,57,67)/t39-/m0/s1. The second-order valence-corrected chi connectivity index (χ2v) is 17.7. The highest BCUT2D eigenvalue weighted by molar-refractivity contribution is 6.13. The van der Waals surface area contributed by atoms with Crippen molar-refractivity contribution in [1.29, 1.82) is 0 Å². The summed E-state index contributed by atoms with van der Waals surface area (Å²) in [6.07, 6.45) is 10.6. The lowest BCUT2D eigenvalue weighted by atomic mass is 10.1. The summed E-state index contributed by atoms with van der Waals surface area (Å²) in [5.74, 6) is -0.748. The Morgan fingerprint density at radius 3 is 2.30 bits per heavy atom. The van der Waals surface area contributed by atoms with Crippen molar-refractivity contribution in [3.05, 3.63) is 102 Å². The van der Waals surface area contributed by atoms with Crippen molar-refractivity contribution in [2.24, 2.45) is 19.1 Å². The van der Waals surface area contributed by atoms with E-state index in [0.29, 0.717) is 66.9 Å². The fourth-order valence-corrected chi connectivity index (χ4v) is 8.19.